The number of furan rings is 1. The quantitative estimate of drug-likeness (QED) is 0.331. The van der Waals surface area contributed by atoms with Crippen LogP contribution in [-0.2, 0) is 0 Å². The molecule has 128 valence electrons. The molecule has 0 aliphatic carbocycles. The molecule has 0 bridgehead atoms. The predicted molar refractivity (Wildman–Crippen MR) is 113 cm³/mol. The third kappa shape index (κ3) is 2.84. The van der Waals surface area contributed by atoms with Crippen LogP contribution in [0.1, 0.15) is 0 Å². The highest BCUT2D eigenvalue weighted by atomic mass is 16.3. The number of hydrogen-bond donors (Lipinski definition) is 0. The van der Waals surface area contributed by atoms with E-state index in [1.807, 2.05) is 18.4 Å². The first-order valence-corrected chi connectivity index (χ1v) is 9.12. The highest BCUT2D eigenvalue weighted by molar-refractivity contribution is 6.06. The molecule has 0 amide bonds. The summed E-state index contributed by atoms with van der Waals surface area (Å²) in [5, 5.41) is 1.16. The Kier molecular flexibility index (Phi) is 3.84. The molecule has 5 rings (SSSR count). The molecule has 0 aliphatic heterocycles. The van der Waals surface area contributed by atoms with Gasteiger partial charge in [-0.15, -0.1) is 0 Å². The number of hydrogen-bond acceptors (Lipinski definition) is 1. The van der Waals surface area contributed by atoms with Crippen molar-refractivity contribution >= 4 is 11.0 Å². The summed E-state index contributed by atoms with van der Waals surface area (Å²) >= 11 is 0. The van der Waals surface area contributed by atoms with Gasteiger partial charge in [-0.3, -0.25) is 0 Å². The fourth-order valence-electron chi connectivity index (χ4n) is 3.64. The van der Waals surface area contributed by atoms with Gasteiger partial charge in [0.25, 0.3) is 0 Å². The monoisotopic (exact) mass is 346 g/mol. The molecule has 1 heterocycles. The van der Waals surface area contributed by atoms with E-state index in [0.29, 0.717) is 0 Å². The smallest absolute Gasteiger partial charge is 0.135 e. The molecule has 4 aromatic carbocycles. The number of benzene rings is 4. The van der Waals surface area contributed by atoms with E-state index < -0.39 is 0 Å². The number of fused-ring (bicyclic) bond motifs is 1. The van der Waals surface area contributed by atoms with Crippen LogP contribution in [0.2, 0.25) is 0 Å². The van der Waals surface area contributed by atoms with Gasteiger partial charge in [0.15, 0.2) is 0 Å². The van der Waals surface area contributed by atoms with Crippen LogP contribution >= 0.6 is 0 Å². The van der Waals surface area contributed by atoms with Crippen LogP contribution < -0.4 is 0 Å². The summed E-state index contributed by atoms with van der Waals surface area (Å²) in [5.74, 6) is 0. The van der Waals surface area contributed by atoms with Crippen molar-refractivity contribution < 1.29 is 4.42 Å². The molecule has 0 fully saturated rings. The van der Waals surface area contributed by atoms with Gasteiger partial charge in [0.1, 0.15) is 5.58 Å². The van der Waals surface area contributed by atoms with Crippen LogP contribution in [0.4, 0.5) is 0 Å². The summed E-state index contributed by atoms with van der Waals surface area (Å²) < 4.78 is 6.03. The van der Waals surface area contributed by atoms with Crippen LogP contribution in [-0.4, -0.2) is 0 Å². The minimum atomic E-state index is 0.911. The Morgan fingerprint density at radius 3 is 1.56 bits per heavy atom. The van der Waals surface area contributed by atoms with E-state index in [4.69, 9.17) is 4.42 Å². The van der Waals surface area contributed by atoms with Gasteiger partial charge in [0, 0.05) is 10.9 Å². The molecule has 0 unspecified atom stereocenters. The molecule has 0 radical (unpaired) electrons. The Hall–Kier alpha value is -3.58. The first-order valence-electron chi connectivity index (χ1n) is 9.12. The van der Waals surface area contributed by atoms with Gasteiger partial charge in [0.2, 0.25) is 0 Å². The fourth-order valence-corrected chi connectivity index (χ4v) is 3.64. The summed E-state index contributed by atoms with van der Waals surface area (Å²) in [6, 6.07) is 35.8. The van der Waals surface area contributed by atoms with E-state index in [9.17, 15) is 0 Å². The lowest BCUT2D eigenvalue weighted by molar-refractivity contribution is 0.617. The Labute approximate surface area is 158 Å². The Balaban J connectivity index is 1.82. The minimum Gasteiger partial charge on any atom is -0.464 e. The zero-order valence-corrected chi connectivity index (χ0v) is 14.8. The summed E-state index contributed by atoms with van der Waals surface area (Å²) in [4.78, 5) is 0. The van der Waals surface area contributed by atoms with Crippen molar-refractivity contribution in [3.8, 4) is 33.4 Å². The maximum atomic E-state index is 6.03. The van der Waals surface area contributed by atoms with Crippen LogP contribution in [0.15, 0.2) is 114 Å². The normalized spacial score (nSPS) is 11.0. The van der Waals surface area contributed by atoms with E-state index in [1.165, 1.54) is 22.3 Å². The van der Waals surface area contributed by atoms with Crippen LogP contribution in [0.3, 0.4) is 0 Å². The van der Waals surface area contributed by atoms with E-state index >= 15 is 0 Å². The standard InChI is InChI=1S/C26H18O/c1-4-10-19(11-5-1)22-16-23(20-12-6-2-7-13-20)26-24(18-27-25(26)17-22)21-14-8-3-9-15-21/h1-18H. The zero-order chi connectivity index (χ0) is 18.1. The Morgan fingerprint density at radius 1 is 0.444 bits per heavy atom. The maximum absolute atomic E-state index is 6.03. The average molecular weight is 346 g/mol. The highest BCUT2D eigenvalue weighted by Crippen LogP contribution is 2.40. The largest absolute Gasteiger partial charge is 0.464 e. The molecule has 0 N–H and O–H groups in total. The van der Waals surface area contributed by atoms with Crippen LogP contribution in [0, 0.1) is 0 Å². The molecule has 0 atom stereocenters. The molecule has 27 heavy (non-hydrogen) atoms. The first kappa shape index (κ1) is 15.7. The minimum absolute atomic E-state index is 0.911. The highest BCUT2D eigenvalue weighted by Gasteiger charge is 2.15. The van der Waals surface area contributed by atoms with Gasteiger partial charge in [-0.25, -0.2) is 0 Å². The topological polar surface area (TPSA) is 13.1 Å². The van der Waals surface area contributed by atoms with Gasteiger partial charge in [0.05, 0.1) is 6.26 Å². The summed E-state index contributed by atoms with van der Waals surface area (Å²) in [5.41, 5.74) is 7.95. The molecular formula is C26H18O. The van der Waals surface area contributed by atoms with Crippen LogP contribution in [0.25, 0.3) is 44.3 Å². The molecular weight excluding hydrogens is 328 g/mol. The first-order chi connectivity index (χ1) is 13.4. The van der Waals surface area contributed by atoms with Gasteiger partial charge in [-0.05, 0) is 39.9 Å². The molecule has 1 heteroatoms. The van der Waals surface area contributed by atoms with Gasteiger partial charge < -0.3 is 4.42 Å². The Morgan fingerprint density at radius 2 is 0.963 bits per heavy atom. The number of rotatable bonds is 3. The van der Waals surface area contributed by atoms with Crippen molar-refractivity contribution in [1.82, 2.24) is 0 Å². The lowest BCUT2D eigenvalue weighted by Crippen LogP contribution is -1.85. The zero-order valence-electron chi connectivity index (χ0n) is 14.8. The molecule has 1 nitrogen and oxygen atoms in total. The third-order valence-electron chi connectivity index (χ3n) is 4.95. The van der Waals surface area contributed by atoms with Gasteiger partial charge >= 0.3 is 0 Å². The van der Waals surface area contributed by atoms with Crippen molar-refractivity contribution in [2.75, 3.05) is 0 Å². The Bertz CT molecular complexity index is 1190. The molecule has 0 spiro atoms. The van der Waals surface area contributed by atoms with E-state index in [-0.39, 0.29) is 0 Å². The average Bonchev–Trinajstić information content (AvgIpc) is 3.19. The van der Waals surface area contributed by atoms with E-state index in [1.54, 1.807) is 0 Å². The van der Waals surface area contributed by atoms with Crippen molar-refractivity contribution in [2.45, 2.75) is 0 Å². The predicted octanol–water partition coefficient (Wildman–Crippen LogP) is 7.43. The second-order valence-corrected chi connectivity index (χ2v) is 6.64. The van der Waals surface area contributed by atoms with Crippen LogP contribution in [0.5, 0.6) is 0 Å². The van der Waals surface area contributed by atoms with Crippen molar-refractivity contribution in [3.05, 3.63) is 109 Å². The molecule has 0 saturated carbocycles. The molecule has 5 aromatic rings. The fraction of sp³-hybridized carbons (Fsp3) is 0. The van der Waals surface area contributed by atoms with Gasteiger partial charge in [-0.2, -0.15) is 0 Å². The van der Waals surface area contributed by atoms with Crippen molar-refractivity contribution in [2.24, 2.45) is 0 Å². The van der Waals surface area contributed by atoms with Crippen molar-refractivity contribution in [3.63, 3.8) is 0 Å². The summed E-state index contributed by atoms with van der Waals surface area (Å²) in [6.45, 7) is 0. The lowest BCUT2D eigenvalue weighted by Gasteiger charge is -2.10. The molecule has 0 saturated heterocycles. The SMILES string of the molecule is c1ccc(-c2cc(-c3ccccc3)c3c(-c4ccccc4)coc3c2)cc1. The lowest BCUT2D eigenvalue weighted by atomic mass is 9.92. The second kappa shape index (κ2) is 6.62. The second-order valence-electron chi connectivity index (χ2n) is 6.64. The summed E-state index contributed by atoms with van der Waals surface area (Å²) in [6.07, 6.45) is 1.88. The summed E-state index contributed by atoms with van der Waals surface area (Å²) in [7, 11) is 0. The third-order valence-corrected chi connectivity index (χ3v) is 4.95. The molecule has 1 aromatic heterocycles. The van der Waals surface area contributed by atoms with E-state index in [0.717, 1.165) is 22.1 Å². The molecule has 0 aliphatic rings. The van der Waals surface area contributed by atoms with E-state index in [2.05, 4.69) is 91.0 Å². The maximum Gasteiger partial charge on any atom is 0.135 e. The van der Waals surface area contributed by atoms with Gasteiger partial charge in [-0.1, -0.05) is 91.0 Å². The van der Waals surface area contributed by atoms with Crippen molar-refractivity contribution in [1.29, 1.82) is 0 Å².